The number of pyridine rings is 1. The first-order valence-electron chi connectivity index (χ1n) is 10.6. The maximum Gasteiger partial charge on any atom is 0.272 e. The normalized spacial score (nSPS) is 22.6. The number of nitrogens with zero attached hydrogens (tertiary/aromatic N) is 1. The van der Waals surface area contributed by atoms with Crippen molar-refractivity contribution in [1.82, 2.24) is 4.98 Å². The lowest BCUT2D eigenvalue weighted by Crippen LogP contribution is -2.33. The predicted octanol–water partition coefficient (Wildman–Crippen LogP) is 3.57. The lowest BCUT2D eigenvalue weighted by Gasteiger charge is -2.26. The Bertz CT molecular complexity index is 1020. The summed E-state index contributed by atoms with van der Waals surface area (Å²) in [4.78, 5) is 17.1. The van der Waals surface area contributed by atoms with Crippen LogP contribution in [0.25, 0.3) is 0 Å². The number of alkyl halides is 2. The Kier molecular flexibility index (Phi) is 7.79. The Labute approximate surface area is 193 Å². The van der Waals surface area contributed by atoms with Crippen molar-refractivity contribution < 1.29 is 42.0 Å². The minimum atomic E-state index is -2.91. The van der Waals surface area contributed by atoms with Gasteiger partial charge in [0.15, 0.2) is 11.6 Å². The molecule has 7 nitrogen and oxygen atoms in total. The third-order valence-electron chi connectivity index (χ3n) is 6.01. The quantitative estimate of drug-likeness (QED) is 0.494. The van der Waals surface area contributed by atoms with E-state index in [1.165, 1.54) is 24.4 Å². The highest BCUT2D eigenvalue weighted by atomic mass is 19.3. The van der Waals surface area contributed by atoms with Crippen molar-refractivity contribution in [1.29, 1.82) is 0 Å². The summed E-state index contributed by atoms with van der Waals surface area (Å²) in [7, 11) is 0. The lowest BCUT2D eigenvalue weighted by atomic mass is 9.78. The minimum absolute atomic E-state index is 0.0392. The van der Waals surface area contributed by atoms with Gasteiger partial charge in [-0.2, -0.15) is 4.39 Å². The first-order chi connectivity index (χ1) is 16.0. The van der Waals surface area contributed by atoms with Crippen LogP contribution in [-0.4, -0.2) is 52.4 Å². The highest BCUT2D eigenvalue weighted by Gasteiger charge is 2.51. The van der Waals surface area contributed by atoms with E-state index in [9.17, 15) is 27.5 Å². The van der Waals surface area contributed by atoms with Gasteiger partial charge in [0.1, 0.15) is 18.8 Å². The van der Waals surface area contributed by atoms with E-state index in [4.69, 9.17) is 14.6 Å². The van der Waals surface area contributed by atoms with Gasteiger partial charge >= 0.3 is 0 Å². The molecule has 0 spiro atoms. The molecule has 0 radical (unpaired) electrons. The second kappa shape index (κ2) is 10.2. The molecule has 0 unspecified atom stereocenters. The number of hydrogen-bond acceptors (Lipinski definition) is 6. The highest BCUT2D eigenvalue weighted by molar-refractivity contribution is 5.95. The topological polar surface area (TPSA) is 101 Å². The number of carbonyl (C=O) groups is 1. The van der Waals surface area contributed by atoms with Gasteiger partial charge in [0.2, 0.25) is 5.82 Å². The fraction of sp³-hybridized carbons (Fsp3) is 0.478. The van der Waals surface area contributed by atoms with Crippen LogP contribution in [-0.2, 0) is 9.53 Å². The van der Waals surface area contributed by atoms with E-state index in [1.807, 2.05) is 0 Å². The summed E-state index contributed by atoms with van der Waals surface area (Å²) in [6.45, 7) is 3.54. The Morgan fingerprint density at radius 3 is 2.56 bits per heavy atom. The van der Waals surface area contributed by atoms with E-state index in [0.29, 0.717) is 0 Å². The molecule has 1 aromatic carbocycles. The molecule has 0 bridgehead atoms. The summed E-state index contributed by atoms with van der Waals surface area (Å²) in [6.07, 6.45) is -4.00. The molecule has 4 atom stereocenters. The summed E-state index contributed by atoms with van der Waals surface area (Å²) in [5.41, 5.74) is -0.367. The standard InChI is InChI=1S/C23H26F4N2O5/c1-11-18(13-5-6-14(24)19(27)20(13)33-10-17(25)26)21(34-23(11,2)3)22(32)29-12-4-7-15(28-8-12)16(31)9-30/h4-8,11,16-18,21,30-31H,9-10H2,1-3H3,(H,29,32)/t11-,16-,18-,21+/m0/s1. The lowest BCUT2D eigenvalue weighted by molar-refractivity contribution is -0.131. The summed E-state index contributed by atoms with van der Waals surface area (Å²) in [6, 6.07) is 4.94. The molecule has 3 N–H and O–H groups in total. The number of ether oxygens (including phenoxy) is 2. The number of nitrogens with one attached hydrogen (secondary N) is 1. The van der Waals surface area contributed by atoms with Gasteiger partial charge in [0, 0.05) is 11.5 Å². The number of amides is 1. The van der Waals surface area contributed by atoms with E-state index in [0.717, 1.165) is 6.07 Å². The second-order valence-electron chi connectivity index (χ2n) is 8.60. The molecule has 0 aliphatic carbocycles. The third-order valence-corrected chi connectivity index (χ3v) is 6.01. The first kappa shape index (κ1) is 25.9. The van der Waals surface area contributed by atoms with Crippen molar-refractivity contribution in [3.05, 3.63) is 53.4 Å². The molecule has 1 amide bonds. The summed E-state index contributed by atoms with van der Waals surface area (Å²) < 4.78 is 64.8. The van der Waals surface area contributed by atoms with Crippen LogP contribution >= 0.6 is 0 Å². The zero-order chi connectivity index (χ0) is 25.2. The fourth-order valence-corrected chi connectivity index (χ4v) is 3.94. The Hall–Kier alpha value is -2.76. The number of aliphatic hydroxyl groups excluding tert-OH is 2. The molecule has 2 aromatic rings. The van der Waals surface area contributed by atoms with Crippen molar-refractivity contribution in [2.45, 2.75) is 50.9 Å². The van der Waals surface area contributed by atoms with Crippen molar-refractivity contribution in [3.63, 3.8) is 0 Å². The van der Waals surface area contributed by atoms with Crippen LogP contribution in [0.1, 0.15) is 44.1 Å². The average Bonchev–Trinajstić information content (AvgIpc) is 3.03. The number of aliphatic hydroxyl groups is 2. The fourth-order valence-electron chi connectivity index (χ4n) is 3.94. The number of benzene rings is 1. The second-order valence-corrected chi connectivity index (χ2v) is 8.60. The van der Waals surface area contributed by atoms with Gasteiger partial charge in [-0.05, 0) is 38.0 Å². The Balaban J connectivity index is 1.93. The minimum Gasteiger partial charge on any atom is -0.484 e. The van der Waals surface area contributed by atoms with Gasteiger partial charge in [-0.25, -0.2) is 13.2 Å². The monoisotopic (exact) mass is 486 g/mol. The van der Waals surface area contributed by atoms with Crippen LogP contribution < -0.4 is 10.1 Å². The van der Waals surface area contributed by atoms with Gasteiger partial charge in [-0.15, -0.1) is 0 Å². The molecular weight excluding hydrogens is 460 g/mol. The highest BCUT2D eigenvalue weighted by Crippen LogP contribution is 2.49. The van der Waals surface area contributed by atoms with Crippen LogP contribution in [0.4, 0.5) is 23.2 Å². The SMILES string of the molecule is C[C@H]1[C@@H](c2ccc(F)c(F)c2OCC(F)F)[C@H](C(=O)Nc2ccc([C@@H](O)CO)nc2)OC1(C)C. The molecule has 1 fully saturated rings. The maximum atomic E-state index is 14.6. The van der Waals surface area contributed by atoms with Gasteiger partial charge in [0.25, 0.3) is 12.3 Å². The van der Waals surface area contributed by atoms with Crippen molar-refractivity contribution in [3.8, 4) is 5.75 Å². The summed E-state index contributed by atoms with van der Waals surface area (Å²) >= 11 is 0. The van der Waals surface area contributed by atoms with E-state index in [2.05, 4.69) is 10.3 Å². The van der Waals surface area contributed by atoms with Crippen molar-refractivity contribution >= 4 is 11.6 Å². The number of hydrogen-bond donors (Lipinski definition) is 3. The van der Waals surface area contributed by atoms with Crippen LogP contribution in [0.2, 0.25) is 0 Å². The summed E-state index contributed by atoms with van der Waals surface area (Å²) in [5.74, 6) is -5.25. The molecule has 34 heavy (non-hydrogen) atoms. The predicted molar refractivity (Wildman–Crippen MR) is 114 cm³/mol. The van der Waals surface area contributed by atoms with E-state index in [-0.39, 0.29) is 16.9 Å². The molecule has 1 aliphatic rings. The largest absolute Gasteiger partial charge is 0.484 e. The molecule has 186 valence electrons. The zero-order valence-electron chi connectivity index (χ0n) is 18.8. The molecular formula is C23H26F4N2O5. The molecule has 1 aromatic heterocycles. The van der Waals surface area contributed by atoms with Crippen molar-refractivity contribution in [2.24, 2.45) is 5.92 Å². The number of halogens is 4. The first-order valence-corrected chi connectivity index (χ1v) is 10.6. The van der Waals surface area contributed by atoms with Crippen LogP contribution in [0.3, 0.4) is 0 Å². The zero-order valence-corrected chi connectivity index (χ0v) is 18.8. The van der Waals surface area contributed by atoms with Crippen molar-refractivity contribution in [2.75, 3.05) is 18.5 Å². The number of carbonyl (C=O) groups excluding carboxylic acids is 1. The Morgan fingerprint density at radius 2 is 1.97 bits per heavy atom. The Morgan fingerprint density at radius 1 is 1.26 bits per heavy atom. The molecule has 0 saturated carbocycles. The maximum absolute atomic E-state index is 14.6. The molecule has 11 heteroatoms. The van der Waals surface area contributed by atoms with Gasteiger partial charge < -0.3 is 25.0 Å². The third kappa shape index (κ3) is 5.31. The van der Waals surface area contributed by atoms with E-state index >= 15 is 0 Å². The van der Waals surface area contributed by atoms with Gasteiger partial charge in [0.05, 0.1) is 29.8 Å². The van der Waals surface area contributed by atoms with E-state index < -0.39 is 72.6 Å². The van der Waals surface area contributed by atoms with Crippen LogP contribution in [0.15, 0.2) is 30.5 Å². The number of aromatic nitrogens is 1. The average molecular weight is 486 g/mol. The van der Waals surface area contributed by atoms with E-state index in [1.54, 1.807) is 20.8 Å². The van der Waals surface area contributed by atoms with Gasteiger partial charge in [-0.3, -0.25) is 9.78 Å². The molecule has 3 rings (SSSR count). The molecule has 2 heterocycles. The number of anilines is 1. The molecule has 1 aliphatic heterocycles. The molecule has 1 saturated heterocycles. The number of rotatable bonds is 8. The van der Waals surface area contributed by atoms with Gasteiger partial charge in [-0.1, -0.05) is 13.0 Å². The van der Waals surface area contributed by atoms with Crippen LogP contribution in [0.5, 0.6) is 5.75 Å². The summed E-state index contributed by atoms with van der Waals surface area (Å²) in [5, 5.41) is 21.3. The smallest absolute Gasteiger partial charge is 0.272 e. The van der Waals surface area contributed by atoms with Crippen LogP contribution in [0, 0.1) is 17.6 Å².